The molecule has 52 heavy (non-hydrogen) atoms. The van der Waals surface area contributed by atoms with E-state index in [4.69, 9.17) is 25.4 Å². The summed E-state index contributed by atoms with van der Waals surface area (Å²) in [4.78, 5) is 52.5. The number of nitrogens with zero attached hydrogens (tertiary/aromatic N) is 2. The number of hydrogen-bond donors (Lipinski definition) is 5. The molecule has 0 aliphatic carbocycles. The highest BCUT2D eigenvalue weighted by Gasteiger charge is 2.41. The zero-order valence-electron chi connectivity index (χ0n) is 34.2. The van der Waals surface area contributed by atoms with Crippen molar-refractivity contribution in [3.63, 3.8) is 0 Å². The van der Waals surface area contributed by atoms with E-state index in [1.165, 1.54) is 26.2 Å². The Balaban J connectivity index is 0. The van der Waals surface area contributed by atoms with E-state index in [2.05, 4.69) is 43.5 Å². The van der Waals surface area contributed by atoms with Gasteiger partial charge in [-0.05, 0) is 46.5 Å². The Morgan fingerprint density at radius 2 is 1.65 bits per heavy atom. The molecule has 0 spiro atoms. The fourth-order valence-corrected chi connectivity index (χ4v) is 5.45. The minimum Gasteiger partial charge on any atom is -0.395 e. The molecule has 1 aromatic carbocycles. The van der Waals surface area contributed by atoms with Gasteiger partial charge in [-0.25, -0.2) is 0 Å². The summed E-state index contributed by atoms with van der Waals surface area (Å²) in [5.74, 6) is -1.08. The molecule has 1 saturated heterocycles. The highest BCUT2D eigenvalue weighted by molar-refractivity contribution is 5.81. The molecule has 0 bridgehead atoms. The fourth-order valence-electron chi connectivity index (χ4n) is 5.45. The molecule has 2 rings (SSSR count). The monoisotopic (exact) mass is 740 g/mol. The van der Waals surface area contributed by atoms with Gasteiger partial charge in [0.05, 0.1) is 55.4 Å². The predicted molar refractivity (Wildman–Crippen MR) is 207 cm³/mol. The van der Waals surface area contributed by atoms with Crippen molar-refractivity contribution in [2.24, 2.45) is 17.6 Å². The van der Waals surface area contributed by atoms with Crippen molar-refractivity contribution in [2.45, 2.75) is 130 Å². The van der Waals surface area contributed by atoms with Crippen LogP contribution in [0.3, 0.4) is 0 Å². The summed E-state index contributed by atoms with van der Waals surface area (Å²) in [7, 11) is 4.73. The first-order valence-corrected chi connectivity index (χ1v) is 18.6. The average molecular weight is 740 g/mol. The number of benzene rings is 1. The molecule has 13 heteroatoms. The van der Waals surface area contributed by atoms with Crippen LogP contribution in [0.25, 0.3) is 0 Å². The number of ether oxygens (including phenoxy) is 2. The molecule has 13 nitrogen and oxygen atoms in total. The smallest absolute Gasteiger partial charge is 0.242 e. The lowest BCUT2D eigenvalue weighted by Gasteiger charge is -2.39. The SMILES string of the molecule is CC(N)C(C)(C)O.CCC.CCC(C)C(C(CC(=O)N1CCCC1C(OC)C(C)C(=O)NCCO)OC)N(C)C(=O)CNC=O.Cc1ccccc1. The second-order valence-corrected chi connectivity index (χ2v) is 14.0. The summed E-state index contributed by atoms with van der Waals surface area (Å²) in [6.07, 6.45) is 3.04. The number of hydrogen-bond acceptors (Lipinski definition) is 9. The standard InChI is InChI=1S/C24H44N4O7.C7H8.C5H13NO.C3H8/c1-7-16(2)22(27(4)21(32)14-25-15-30)19(34-5)13-20(31)28-11-8-9-18(28)23(35-6)17(3)24(33)26-10-12-29;1-7-5-3-2-4-6-7;1-4(6)5(2,3)7;1-3-2/h15-19,22-23,29H,7-14H2,1-6H3,(H,25,30)(H,26,33);2-6H,1H3;4,7H,6H2,1-3H3;3H2,1-2H3. The number of carbonyl (C=O) groups excluding carboxylic acids is 4. The molecule has 1 aliphatic rings. The van der Waals surface area contributed by atoms with E-state index in [0.29, 0.717) is 19.4 Å². The number of aryl methyl sites for hydroxylation is 1. The van der Waals surface area contributed by atoms with Gasteiger partial charge in [0.15, 0.2) is 0 Å². The van der Waals surface area contributed by atoms with Gasteiger partial charge in [-0.1, -0.05) is 83.4 Å². The van der Waals surface area contributed by atoms with Crippen molar-refractivity contribution < 1.29 is 38.9 Å². The minimum absolute atomic E-state index is 0.0503. The quantitative estimate of drug-likeness (QED) is 0.150. The van der Waals surface area contributed by atoms with Crippen LogP contribution in [0.15, 0.2) is 30.3 Å². The number of methoxy groups -OCH3 is 2. The Morgan fingerprint density at radius 3 is 2.06 bits per heavy atom. The van der Waals surface area contributed by atoms with Crippen LogP contribution >= 0.6 is 0 Å². The average Bonchev–Trinajstić information content (AvgIpc) is 3.59. The van der Waals surface area contributed by atoms with Crippen LogP contribution < -0.4 is 16.4 Å². The Bertz CT molecular complexity index is 1100. The molecule has 1 heterocycles. The molecule has 1 aromatic rings. The maximum atomic E-state index is 13.5. The van der Waals surface area contributed by atoms with Gasteiger partial charge in [0.1, 0.15) is 0 Å². The number of carbonyl (C=O) groups is 4. The van der Waals surface area contributed by atoms with Gasteiger partial charge in [-0.15, -0.1) is 0 Å². The van der Waals surface area contributed by atoms with E-state index >= 15 is 0 Å². The lowest BCUT2D eigenvalue weighted by atomic mass is 9.90. The van der Waals surface area contributed by atoms with Crippen LogP contribution in [0.1, 0.15) is 93.1 Å². The molecule has 0 radical (unpaired) electrons. The Labute approximate surface area is 314 Å². The normalized spacial score (nSPS) is 17.1. The van der Waals surface area contributed by atoms with Crippen LogP contribution in [0.2, 0.25) is 0 Å². The number of aliphatic hydroxyl groups is 2. The molecule has 7 atom stereocenters. The number of likely N-dealkylation sites (tertiary alicyclic amines) is 1. The molecular weight excluding hydrogens is 666 g/mol. The van der Waals surface area contributed by atoms with E-state index in [0.717, 1.165) is 12.8 Å². The van der Waals surface area contributed by atoms with Gasteiger partial charge < -0.3 is 45.9 Å². The summed E-state index contributed by atoms with van der Waals surface area (Å²) in [5.41, 5.74) is 5.92. The van der Waals surface area contributed by atoms with Crippen LogP contribution in [0.5, 0.6) is 0 Å². The third-order valence-electron chi connectivity index (χ3n) is 9.11. The van der Waals surface area contributed by atoms with E-state index in [1.54, 1.807) is 44.5 Å². The molecule has 6 N–H and O–H groups in total. The highest BCUT2D eigenvalue weighted by atomic mass is 16.5. The van der Waals surface area contributed by atoms with Crippen LogP contribution in [-0.4, -0.2) is 128 Å². The number of nitrogens with two attached hydrogens (primary N) is 1. The first-order valence-electron chi connectivity index (χ1n) is 18.6. The first kappa shape index (κ1) is 51.0. The number of nitrogens with one attached hydrogen (secondary N) is 2. The van der Waals surface area contributed by atoms with Crippen LogP contribution in [0.4, 0.5) is 0 Å². The van der Waals surface area contributed by atoms with Crippen molar-refractivity contribution >= 4 is 24.1 Å². The van der Waals surface area contributed by atoms with E-state index in [-0.39, 0.29) is 67.9 Å². The summed E-state index contributed by atoms with van der Waals surface area (Å²) < 4.78 is 11.4. The zero-order valence-corrected chi connectivity index (χ0v) is 34.2. The predicted octanol–water partition coefficient (Wildman–Crippen LogP) is 3.28. The van der Waals surface area contributed by atoms with E-state index in [1.807, 2.05) is 32.0 Å². The van der Waals surface area contributed by atoms with E-state index < -0.39 is 23.7 Å². The lowest BCUT2D eigenvalue weighted by Crippen LogP contribution is -2.54. The van der Waals surface area contributed by atoms with Crippen molar-refractivity contribution in [2.75, 3.05) is 47.5 Å². The lowest BCUT2D eigenvalue weighted by molar-refractivity contribution is -0.145. The van der Waals surface area contributed by atoms with Gasteiger partial charge in [0.2, 0.25) is 24.1 Å². The molecule has 0 aromatic heterocycles. The Hall–Kier alpha value is -3.10. The fraction of sp³-hybridized carbons (Fsp3) is 0.744. The second kappa shape index (κ2) is 28.4. The van der Waals surface area contributed by atoms with Gasteiger partial charge in [0.25, 0.3) is 0 Å². The molecule has 302 valence electrons. The van der Waals surface area contributed by atoms with Crippen molar-refractivity contribution in [1.29, 1.82) is 0 Å². The van der Waals surface area contributed by atoms with Crippen molar-refractivity contribution in [3.8, 4) is 0 Å². The second-order valence-electron chi connectivity index (χ2n) is 14.0. The number of amides is 4. The third kappa shape index (κ3) is 19.7. The summed E-state index contributed by atoms with van der Waals surface area (Å²) in [6, 6.07) is 9.49. The summed E-state index contributed by atoms with van der Waals surface area (Å²) in [5, 5.41) is 23.0. The Morgan fingerprint density at radius 1 is 1.10 bits per heavy atom. The molecule has 0 saturated carbocycles. The third-order valence-corrected chi connectivity index (χ3v) is 9.11. The van der Waals surface area contributed by atoms with Crippen LogP contribution in [0, 0.1) is 18.8 Å². The summed E-state index contributed by atoms with van der Waals surface area (Å²) in [6.45, 7) is 17.7. The number of rotatable bonds is 17. The van der Waals surface area contributed by atoms with Gasteiger partial charge in [0, 0.05) is 40.4 Å². The van der Waals surface area contributed by atoms with Gasteiger partial charge in [-0.3, -0.25) is 19.2 Å². The highest BCUT2D eigenvalue weighted by Crippen LogP contribution is 2.29. The molecule has 4 amide bonds. The molecule has 7 unspecified atom stereocenters. The molecule has 1 fully saturated rings. The summed E-state index contributed by atoms with van der Waals surface area (Å²) >= 11 is 0. The molecular formula is C39H73N5O8. The van der Waals surface area contributed by atoms with Gasteiger partial charge >= 0.3 is 0 Å². The zero-order chi connectivity index (χ0) is 40.4. The maximum Gasteiger partial charge on any atom is 0.242 e. The minimum atomic E-state index is -0.722. The van der Waals surface area contributed by atoms with Crippen molar-refractivity contribution in [1.82, 2.24) is 20.4 Å². The van der Waals surface area contributed by atoms with Crippen molar-refractivity contribution in [3.05, 3.63) is 35.9 Å². The topological polar surface area (TPSA) is 184 Å². The maximum absolute atomic E-state index is 13.5. The number of aliphatic hydroxyl groups excluding tert-OH is 1. The molecule has 1 aliphatic heterocycles. The van der Waals surface area contributed by atoms with E-state index in [9.17, 15) is 19.2 Å². The first-order chi connectivity index (χ1) is 24.4. The number of likely N-dealkylation sites (N-methyl/N-ethyl adjacent to an activating group) is 1. The van der Waals surface area contributed by atoms with Crippen LogP contribution in [-0.2, 0) is 28.7 Å². The largest absolute Gasteiger partial charge is 0.395 e. The van der Waals surface area contributed by atoms with Gasteiger partial charge in [-0.2, -0.15) is 0 Å². The Kier molecular flexibility index (Phi) is 27.9.